The molecule has 0 fully saturated rings. The Bertz CT molecular complexity index is 741. The van der Waals surface area contributed by atoms with Gasteiger partial charge in [-0.2, -0.15) is 13.2 Å². The summed E-state index contributed by atoms with van der Waals surface area (Å²) in [5.41, 5.74) is 2.07. The normalized spacial score (nSPS) is 10.8. The molecule has 0 heterocycles. The first-order chi connectivity index (χ1) is 13.8. The molecule has 0 unspecified atom stereocenters. The van der Waals surface area contributed by atoms with Crippen molar-refractivity contribution >= 4 is 24.8 Å². The Hall–Kier alpha value is -2.15. The molecule has 2 rings (SSSR count). The fourth-order valence-electron chi connectivity index (χ4n) is 2.96. The number of thiol groups is 1. The van der Waals surface area contributed by atoms with Crippen molar-refractivity contribution in [3.05, 3.63) is 48.0 Å². The van der Waals surface area contributed by atoms with Crippen LogP contribution in [0.4, 0.5) is 18.9 Å². The number of carboxylic acid groups (broad SMARTS) is 1. The minimum atomic E-state index is -4.32. The van der Waals surface area contributed by atoms with Gasteiger partial charge in [0.15, 0.2) is 0 Å². The summed E-state index contributed by atoms with van der Waals surface area (Å²) in [6.45, 7) is 5.93. The molecule has 0 amide bonds. The molecule has 0 aliphatic carbocycles. The Morgan fingerprint density at radius 1 is 1.00 bits per heavy atom. The van der Waals surface area contributed by atoms with E-state index in [1.54, 1.807) is 12.1 Å². The van der Waals surface area contributed by atoms with Crippen molar-refractivity contribution < 1.29 is 23.1 Å². The molecule has 0 bridgehead atoms. The second kappa shape index (κ2) is 12.4. The molecule has 7 heteroatoms. The molecule has 0 aliphatic heterocycles. The smallest absolute Gasteiger partial charge is 0.416 e. The minimum absolute atomic E-state index is 0.250. The number of carbonyl (C=O) groups is 1. The summed E-state index contributed by atoms with van der Waals surface area (Å²) in [6.07, 6.45) is 0.0215. The molecular weight excluding hydrogens is 399 g/mol. The van der Waals surface area contributed by atoms with Gasteiger partial charge >= 0.3 is 6.18 Å². The van der Waals surface area contributed by atoms with Gasteiger partial charge in [0.1, 0.15) is 0 Å². The van der Waals surface area contributed by atoms with E-state index in [9.17, 15) is 13.2 Å². The monoisotopic (exact) mass is 427 g/mol. The van der Waals surface area contributed by atoms with Crippen LogP contribution in [0.15, 0.2) is 47.4 Å². The number of benzene rings is 2. The van der Waals surface area contributed by atoms with E-state index in [-0.39, 0.29) is 6.47 Å². The second-order valence-electron chi connectivity index (χ2n) is 6.55. The van der Waals surface area contributed by atoms with Crippen LogP contribution in [0.3, 0.4) is 0 Å². The number of unbranched alkanes of at least 4 members (excludes halogenated alkanes) is 2. The quantitative estimate of drug-likeness (QED) is 0.361. The molecule has 0 aromatic heterocycles. The number of anilines is 1. The van der Waals surface area contributed by atoms with E-state index in [4.69, 9.17) is 9.90 Å². The first-order valence-corrected chi connectivity index (χ1v) is 10.1. The van der Waals surface area contributed by atoms with Gasteiger partial charge in [-0.3, -0.25) is 4.79 Å². The summed E-state index contributed by atoms with van der Waals surface area (Å²) in [5, 5.41) is 6.89. The maximum absolute atomic E-state index is 12.9. The predicted molar refractivity (Wildman–Crippen MR) is 115 cm³/mol. The van der Waals surface area contributed by atoms with Crippen LogP contribution in [0.5, 0.6) is 0 Å². The molecule has 0 saturated heterocycles. The lowest BCUT2D eigenvalue weighted by Crippen LogP contribution is -2.26. The average molecular weight is 428 g/mol. The second-order valence-corrected chi connectivity index (χ2v) is 7.03. The number of halogens is 3. The fourth-order valence-corrected chi connectivity index (χ4v) is 3.29. The van der Waals surface area contributed by atoms with Crippen molar-refractivity contribution in [2.24, 2.45) is 0 Å². The van der Waals surface area contributed by atoms with E-state index >= 15 is 0 Å². The summed E-state index contributed by atoms with van der Waals surface area (Å²) in [5.74, 6) is 0. The topological polar surface area (TPSA) is 40.5 Å². The van der Waals surface area contributed by atoms with Gasteiger partial charge in [0, 0.05) is 29.2 Å². The Morgan fingerprint density at radius 3 is 1.97 bits per heavy atom. The van der Waals surface area contributed by atoms with Gasteiger partial charge in [-0.15, -0.1) is 12.6 Å². The number of rotatable bonds is 8. The fraction of sp³-hybridized carbons (Fsp3) is 0.409. The van der Waals surface area contributed by atoms with Crippen molar-refractivity contribution in [1.29, 1.82) is 0 Å². The highest BCUT2D eigenvalue weighted by molar-refractivity contribution is 7.80. The summed E-state index contributed by atoms with van der Waals surface area (Å²) in [4.78, 5) is 11.5. The summed E-state index contributed by atoms with van der Waals surface area (Å²) < 4.78 is 38.6. The maximum Gasteiger partial charge on any atom is 0.416 e. The first-order valence-electron chi connectivity index (χ1n) is 9.62. The van der Waals surface area contributed by atoms with Crippen LogP contribution in [0.2, 0.25) is 0 Å². The van der Waals surface area contributed by atoms with Crippen LogP contribution in [0.1, 0.15) is 45.1 Å². The third-order valence-corrected chi connectivity index (χ3v) is 4.80. The molecule has 0 aliphatic rings. The van der Waals surface area contributed by atoms with Gasteiger partial charge in [-0.1, -0.05) is 44.9 Å². The lowest BCUT2D eigenvalue weighted by molar-refractivity contribution is -0.137. The number of nitrogens with zero attached hydrogens (tertiary/aromatic N) is 1. The molecular formula is C22H28F3NO2S. The number of alkyl halides is 3. The van der Waals surface area contributed by atoms with Crippen LogP contribution in [0, 0.1) is 0 Å². The average Bonchev–Trinajstić information content (AvgIpc) is 2.68. The number of hydrogen-bond acceptors (Lipinski definition) is 3. The van der Waals surface area contributed by atoms with Gasteiger partial charge < -0.3 is 10.0 Å². The van der Waals surface area contributed by atoms with E-state index in [1.165, 1.54) is 0 Å². The molecule has 160 valence electrons. The molecule has 2 aromatic rings. The van der Waals surface area contributed by atoms with Crippen molar-refractivity contribution in [3.63, 3.8) is 0 Å². The third kappa shape index (κ3) is 7.65. The third-order valence-electron chi connectivity index (χ3n) is 4.43. The van der Waals surface area contributed by atoms with E-state index in [0.717, 1.165) is 72.6 Å². The van der Waals surface area contributed by atoms with E-state index in [0.29, 0.717) is 0 Å². The molecule has 0 spiro atoms. The lowest BCUT2D eigenvalue weighted by Gasteiger charge is -2.28. The summed E-state index contributed by atoms with van der Waals surface area (Å²) >= 11 is 4.59. The van der Waals surface area contributed by atoms with Gasteiger partial charge in [-0.05, 0) is 42.7 Å². The molecule has 29 heavy (non-hydrogen) atoms. The van der Waals surface area contributed by atoms with E-state index in [1.807, 2.05) is 18.2 Å². The molecule has 0 radical (unpaired) electrons. The van der Waals surface area contributed by atoms with Crippen LogP contribution in [-0.2, 0) is 11.0 Å². The van der Waals surface area contributed by atoms with Gasteiger partial charge in [0.05, 0.1) is 5.56 Å². The number of hydrogen-bond donors (Lipinski definition) is 2. The van der Waals surface area contributed by atoms with E-state index in [2.05, 4.69) is 31.4 Å². The largest absolute Gasteiger partial charge is 0.483 e. The maximum atomic E-state index is 12.9. The van der Waals surface area contributed by atoms with E-state index < -0.39 is 11.7 Å². The van der Waals surface area contributed by atoms with Crippen LogP contribution >= 0.6 is 12.6 Å². The van der Waals surface area contributed by atoms with Crippen molar-refractivity contribution in [2.45, 2.75) is 50.6 Å². The van der Waals surface area contributed by atoms with Crippen molar-refractivity contribution in [1.82, 2.24) is 0 Å². The molecule has 3 nitrogen and oxygen atoms in total. The zero-order valence-corrected chi connectivity index (χ0v) is 17.6. The van der Waals surface area contributed by atoms with Gasteiger partial charge in [0.2, 0.25) is 0 Å². The molecule has 2 aromatic carbocycles. The standard InChI is InChI=1S/C21H26F3NS.CH2O2/c1-3-5-14-25(15-6-4-2)18-8-7-9-19(26)20(18)16-10-12-17(13-11-16)21(22,23)24;2-1-3/h7-13,26H,3-6,14-15H2,1-2H3;1H,(H,2,3). The van der Waals surface area contributed by atoms with Crippen LogP contribution in [0.25, 0.3) is 11.1 Å². The summed E-state index contributed by atoms with van der Waals surface area (Å²) in [7, 11) is 0. The SMILES string of the molecule is CCCCN(CCCC)c1cccc(S)c1-c1ccc(C(F)(F)F)cc1.O=CO. The van der Waals surface area contributed by atoms with Gasteiger partial charge in [0.25, 0.3) is 6.47 Å². The zero-order chi connectivity index (χ0) is 21.9. The Labute approximate surface area is 176 Å². The molecule has 0 saturated carbocycles. The van der Waals surface area contributed by atoms with Crippen molar-refractivity contribution in [2.75, 3.05) is 18.0 Å². The summed E-state index contributed by atoms with van der Waals surface area (Å²) in [6, 6.07) is 11.2. The Kier molecular flexibility index (Phi) is 10.7. The Morgan fingerprint density at radius 2 is 1.52 bits per heavy atom. The predicted octanol–water partition coefficient (Wildman–Crippen LogP) is 6.77. The lowest BCUT2D eigenvalue weighted by atomic mass is 10.0. The molecule has 1 N–H and O–H groups in total. The van der Waals surface area contributed by atoms with Gasteiger partial charge in [-0.25, -0.2) is 0 Å². The highest BCUT2D eigenvalue weighted by Gasteiger charge is 2.30. The highest BCUT2D eigenvalue weighted by atomic mass is 32.1. The highest BCUT2D eigenvalue weighted by Crippen LogP contribution is 2.38. The zero-order valence-electron chi connectivity index (χ0n) is 16.7. The Balaban J connectivity index is 0.00000132. The van der Waals surface area contributed by atoms with Crippen LogP contribution in [-0.4, -0.2) is 24.7 Å². The first kappa shape index (κ1) is 24.9. The van der Waals surface area contributed by atoms with Crippen molar-refractivity contribution in [3.8, 4) is 11.1 Å². The molecule has 0 atom stereocenters. The minimum Gasteiger partial charge on any atom is -0.483 e. The van der Waals surface area contributed by atoms with Crippen LogP contribution < -0.4 is 4.90 Å².